The number of amides is 4. The Morgan fingerprint density at radius 2 is 1.76 bits per heavy atom. The van der Waals surface area contributed by atoms with E-state index in [4.69, 9.17) is 0 Å². The molecule has 6 nitrogen and oxygen atoms in total. The molecule has 2 aromatic rings. The van der Waals surface area contributed by atoms with Crippen molar-refractivity contribution in [2.45, 2.75) is 0 Å². The van der Waals surface area contributed by atoms with Crippen molar-refractivity contribution in [1.29, 1.82) is 0 Å². The van der Waals surface area contributed by atoms with Crippen molar-refractivity contribution in [3.63, 3.8) is 0 Å². The molecule has 1 saturated heterocycles. The number of benzene rings is 2. The molecule has 0 aliphatic carbocycles. The summed E-state index contributed by atoms with van der Waals surface area (Å²) in [6, 6.07) is 13.5. The highest BCUT2D eigenvalue weighted by Crippen LogP contribution is 2.15. The van der Waals surface area contributed by atoms with Crippen molar-refractivity contribution >= 4 is 29.6 Å². The number of rotatable bonds is 4. The third-order valence-corrected chi connectivity index (χ3v) is 3.50. The van der Waals surface area contributed by atoms with Crippen molar-refractivity contribution < 1.29 is 18.8 Å². The summed E-state index contributed by atoms with van der Waals surface area (Å²) in [5.74, 6) is -1.50. The number of carbonyl (C=O) groups excluding carboxylic acids is 3. The molecular weight excluding hydrogens is 325 g/mol. The molecule has 7 heteroatoms. The van der Waals surface area contributed by atoms with Gasteiger partial charge in [0.1, 0.15) is 18.1 Å². The fraction of sp³-hybridized carbons (Fsp3) is 0.0556. The van der Waals surface area contributed by atoms with Gasteiger partial charge in [0.25, 0.3) is 5.91 Å². The summed E-state index contributed by atoms with van der Waals surface area (Å²) in [7, 11) is 0. The molecule has 0 aromatic heterocycles. The molecule has 1 aliphatic heterocycles. The third-order valence-electron chi connectivity index (χ3n) is 3.50. The molecule has 0 unspecified atom stereocenters. The van der Waals surface area contributed by atoms with Gasteiger partial charge in [0.05, 0.1) is 0 Å². The van der Waals surface area contributed by atoms with Gasteiger partial charge >= 0.3 is 6.03 Å². The first-order chi connectivity index (χ1) is 12.0. The molecule has 2 N–H and O–H groups in total. The van der Waals surface area contributed by atoms with E-state index in [1.165, 1.54) is 30.3 Å². The summed E-state index contributed by atoms with van der Waals surface area (Å²) in [6.45, 7) is -0.402. The smallest absolute Gasteiger partial charge is 0.325 e. The quantitative estimate of drug-likeness (QED) is 0.663. The number of para-hydroxylation sites is 1. The van der Waals surface area contributed by atoms with Gasteiger partial charge in [-0.1, -0.05) is 30.3 Å². The van der Waals surface area contributed by atoms with E-state index in [1.54, 1.807) is 30.3 Å². The fourth-order valence-electron chi connectivity index (χ4n) is 2.31. The molecule has 25 heavy (non-hydrogen) atoms. The van der Waals surface area contributed by atoms with Gasteiger partial charge in [-0.3, -0.25) is 9.59 Å². The van der Waals surface area contributed by atoms with E-state index >= 15 is 0 Å². The van der Waals surface area contributed by atoms with Gasteiger partial charge in [-0.05, 0) is 35.9 Å². The van der Waals surface area contributed by atoms with Gasteiger partial charge in [0, 0.05) is 5.69 Å². The van der Waals surface area contributed by atoms with Crippen LogP contribution < -0.4 is 10.6 Å². The Morgan fingerprint density at radius 1 is 1.08 bits per heavy atom. The van der Waals surface area contributed by atoms with E-state index in [9.17, 15) is 18.8 Å². The minimum atomic E-state index is -0.679. The maximum atomic E-state index is 12.9. The molecular formula is C18H14FN3O3. The zero-order chi connectivity index (χ0) is 17.8. The SMILES string of the molecule is O=C(CN1C(=O)N/C(=C\c2ccc(F)cc2)C1=O)Nc1ccccc1. The minimum Gasteiger partial charge on any atom is -0.325 e. The first kappa shape index (κ1) is 16.4. The Bertz CT molecular complexity index is 848. The summed E-state index contributed by atoms with van der Waals surface area (Å²) in [4.78, 5) is 37.1. The van der Waals surface area contributed by atoms with Crippen molar-refractivity contribution in [2.24, 2.45) is 0 Å². The number of halogens is 1. The van der Waals surface area contributed by atoms with Crippen LogP contribution >= 0.6 is 0 Å². The van der Waals surface area contributed by atoms with Gasteiger partial charge in [-0.15, -0.1) is 0 Å². The average Bonchev–Trinajstić information content (AvgIpc) is 2.85. The van der Waals surface area contributed by atoms with E-state index in [0.29, 0.717) is 11.3 Å². The highest BCUT2D eigenvalue weighted by Gasteiger charge is 2.34. The van der Waals surface area contributed by atoms with Crippen LogP contribution in [0.3, 0.4) is 0 Å². The summed E-state index contributed by atoms with van der Waals surface area (Å²) < 4.78 is 12.9. The number of hydrogen-bond acceptors (Lipinski definition) is 3. The Kier molecular flexibility index (Phi) is 4.56. The monoisotopic (exact) mass is 339 g/mol. The number of anilines is 1. The van der Waals surface area contributed by atoms with Gasteiger partial charge in [0.15, 0.2) is 0 Å². The van der Waals surface area contributed by atoms with Crippen LogP contribution in [0, 0.1) is 5.82 Å². The van der Waals surface area contributed by atoms with Crippen LogP contribution in [0.4, 0.5) is 14.9 Å². The Morgan fingerprint density at radius 3 is 2.44 bits per heavy atom. The van der Waals surface area contributed by atoms with Crippen molar-refractivity contribution in [3.8, 4) is 0 Å². The van der Waals surface area contributed by atoms with Gasteiger partial charge < -0.3 is 10.6 Å². The predicted molar refractivity (Wildman–Crippen MR) is 89.7 cm³/mol. The molecule has 1 aliphatic rings. The fourth-order valence-corrected chi connectivity index (χ4v) is 2.31. The van der Waals surface area contributed by atoms with E-state index < -0.39 is 30.2 Å². The third kappa shape index (κ3) is 3.89. The minimum absolute atomic E-state index is 0.0316. The van der Waals surface area contributed by atoms with Crippen LogP contribution in [-0.4, -0.2) is 29.3 Å². The molecule has 1 heterocycles. The van der Waals surface area contributed by atoms with E-state index in [2.05, 4.69) is 10.6 Å². The average molecular weight is 339 g/mol. The molecule has 0 saturated carbocycles. The van der Waals surface area contributed by atoms with Crippen LogP contribution in [0.5, 0.6) is 0 Å². The number of imide groups is 1. The number of carbonyl (C=O) groups is 3. The Balaban J connectivity index is 1.69. The molecule has 0 atom stereocenters. The lowest BCUT2D eigenvalue weighted by atomic mass is 10.2. The van der Waals surface area contributed by atoms with Crippen LogP contribution in [-0.2, 0) is 9.59 Å². The topological polar surface area (TPSA) is 78.5 Å². The van der Waals surface area contributed by atoms with Crippen molar-refractivity contribution in [3.05, 3.63) is 71.7 Å². The number of nitrogens with one attached hydrogen (secondary N) is 2. The highest BCUT2D eigenvalue weighted by molar-refractivity contribution is 6.15. The lowest BCUT2D eigenvalue weighted by Gasteiger charge is -2.11. The molecule has 0 bridgehead atoms. The van der Waals surface area contributed by atoms with Crippen molar-refractivity contribution in [1.82, 2.24) is 10.2 Å². The predicted octanol–water partition coefficient (Wildman–Crippen LogP) is 2.36. The maximum Gasteiger partial charge on any atom is 0.329 e. The van der Waals surface area contributed by atoms with E-state index in [-0.39, 0.29) is 5.70 Å². The van der Waals surface area contributed by atoms with Crippen LogP contribution in [0.2, 0.25) is 0 Å². The highest BCUT2D eigenvalue weighted by atomic mass is 19.1. The molecule has 1 fully saturated rings. The molecule has 0 radical (unpaired) electrons. The zero-order valence-electron chi connectivity index (χ0n) is 13.0. The van der Waals surface area contributed by atoms with E-state index in [0.717, 1.165) is 4.90 Å². The first-order valence-corrected chi connectivity index (χ1v) is 7.48. The summed E-state index contributed by atoms with van der Waals surface area (Å²) in [5, 5.41) is 5.02. The lowest BCUT2D eigenvalue weighted by Crippen LogP contribution is -2.38. The Labute approximate surface area is 142 Å². The molecule has 3 rings (SSSR count). The zero-order valence-corrected chi connectivity index (χ0v) is 13.0. The molecule has 0 spiro atoms. The summed E-state index contributed by atoms with van der Waals surface area (Å²) >= 11 is 0. The number of nitrogens with zero attached hydrogens (tertiary/aromatic N) is 1. The van der Waals surface area contributed by atoms with Gasteiger partial charge in [0.2, 0.25) is 5.91 Å². The first-order valence-electron chi connectivity index (χ1n) is 7.48. The molecule has 4 amide bonds. The van der Waals surface area contributed by atoms with Crippen LogP contribution in [0.15, 0.2) is 60.3 Å². The Hall–Kier alpha value is -3.48. The number of hydrogen-bond donors (Lipinski definition) is 2. The standard InChI is InChI=1S/C18H14FN3O3/c19-13-8-6-12(7-9-13)10-15-17(24)22(18(25)21-15)11-16(23)20-14-4-2-1-3-5-14/h1-10H,11H2,(H,20,23)(H,21,25)/b15-10-. The largest absolute Gasteiger partial charge is 0.329 e. The number of urea groups is 1. The van der Waals surface area contributed by atoms with Gasteiger partial charge in [-0.25, -0.2) is 14.1 Å². The van der Waals surface area contributed by atoms with E-state index in [1.807, 2.05) is 0 Å². The maximum absolute atomic E-state index is 12.9. The summed E-state index contributed by atoms with van der Waals surface area (Å²) in [5.41, 5.74) is 1.16. The normalized spacial score (nSPS) is 15.4. The lowest BCUT2D eigenvalue weighted by molar-refractivity contribution is -0.127. The van der Waals surface area contributed by atoms with Crippen LogP contribution in [0.25, 0.3) is 6.08 Å². The summed E-state index contributed by atoms with van der Waals surface area (Å²) in [6.07, 6.45) is 1.43. The van der Waals surface area contributed by atoms with Crippen molar-refractivity contribution in [2.75, 3.05) is 11.9 Å². The van der Waals surface area contributed by atoms with Crippen LogP contribution in [0.1, 0.15) is 5.56 Å². The van der Waals surface area contributed by atoms with Gasteiger partial charge in [-0.2, -0.15) is 0 Å². The molecule has 126 valence electrons. The second kappa shape index (κ2) is 6.96. The second-order valence-electron chi connectivity index (χ2n) is 5.35. The molecule has 2 aromatic carbocycles. The second-order valence-corrected chi connectivity index (χ2v) is 5.35.